The molecule has 0 radical (unpaired) electrons. The number of rotatable bonds is 7. The fourth-order valence-corrected chi connectivity index (χ4v) is 2.87. The highest BCUT2D eigenvalue weighted by molar-refractivity contribution is 9.11. The van der Waals surface area contributed by atoms with Gasteiger partial charge in [0.15, 0.2) is 0 Å². The number of allylic oxidation sites excluding steroid dienone is 2. The minimum Gasteiger partial charge on any atom is -0.364 e. The molecule has 1 aromatic carbocycles. The predicted molar refractivity (Wildman–Crippen MR) is 94.8 cm³/mol. The van der Waals surface area contributed by atoms with Crippen LogP contribution in [0.15, 0.2) is 65.3 Å². The Kier molecular flexibility index (Phi) is 7.20. The first-order valence-electron chi connectivity index (χ1n) is 6.76. The van der Waals surface area contributed by atoms with E-state index < -0.39 is 8.07 Å². The molecule has 0 N–H and O–H groups in total. The number of hydrogen-bond donors (Lipinski definition) is 0. The summed E-state index contributed by atoms with van der Waals surface area (Å²) in [5.41, 5.74) is 3.45. The average Bonchev–Trinajstić information content (AvgIpc) is 2.39. The molecule has 0 amide bonds. The van der Waals surface area contributed by atoms with Gasteiger partial charge in [-0.15, -0.1) is 6.58 Å². The van der Waals surface area contributed by atoms with E-state index in [0.29, 0.717) is 6.61 Å². The Morgan fingerprint density at radius 1 is 1.30 bits per heavy atom. The lowest BCUT2D eigenvalue weighted by Gasteiger charge is -2.17. The Labute approximate surface area is 132 Å². The number of hydrogen-bond acceptors (Lipinski definition) is 1. The van der Waals surface area contributed by atoms with Crippen LogP contribution in [0, 0.1) is 0 Å². The molecule has 20 heavy (non-hydrogen) atoms. The van der Waals surface area contributed by atoms with Gasteiger partial charge in [-0.2, -0.15) is 0 Å². The van der Waals surface area contributed by atoms with Crippen molar-refractivity contribution in [3.05, 3.63) is 70.9 Å². The lowest BCUT2D eigenvalue weighted by Crippen LogP contribution is -2.15. The monoisotopic (exact) mass is 350 g/mol. The highest BCUT2D eigenvalue weighted by Crippen LogP contribution is 2.30. The second kappa shape index (κ2) is 8.40. The van der Waals surface area contributed by atoms with Crippen LogP contribution in [0.3, 0.4) is 0 Å². The first kappa shape index (κ1) is 17.1. The molecule has 0 fully saturated rings. The quantitative estimate of drug-likeness (QED) is 0.351. The second-order valence-electron chi connectivity index (χ2n) is 5.69. The third-order valence-electron chi connectivity index (χ3n) is 2.59. The van der Waals surface area contributed by atoms with E-state index in [1.165, 1.54) is 0 Å². The standard InChI is InChI=1S/C17H23BrOSi/c1-5-13-19-17(15-10-7-6-8-11-15)16(18)12-9-14-20(2,3)4/h5-12,14,17H,1,13H2,2-4H3/b14-9+,16-12-. The van der Waals surface area contributed by atoms with Gasteiger partial charge in [0.05, 0.1) is 14.7 Å². The SMILES string of the molecule is C=CCOC(/C(Br)=C/C=C/[Si](C)(C)C)c1ccccc1. The lowest BCUT2D eigenvalue weighted by molar-refractivity contribution is 0.108. The van der Waals surface area contributed by atoms with Crippen molar-refractivity contribution in [2.75, 3.05) is 6.61 Å². The number of ether oxygens (including phenoxy) is 1. The van der Waals surface area contributed by atoms with Crippen LogP contribution in [0.5, 0.6) is 0 Å². The van der Waals surface area contributed by atoms with Crippen LogP contribution in [-0.2, 0) is 4.74 Å². The Bertz CT molecular complexity index is 472. The molecular weight excluding hydrogens is 328 g/mol. The minimum absolute atomic E-state index is 0.0829. The Balaban J connectivity index is 2.90. The van der Waals surface area contributed by atoms with Gasteiger partial charge >= 0.3 is 0 Å². The zero-order chi connectivity index (χ0) is 15.0. The van der Waals surface area contributed by atoms with E-state index in [2.05, 4.69) is 72.1 Å². The Hall–Kier alpha value is -0.903. The molecule has 1 rings (SSSR count). The molecule has 0 saturated heterocycles. The first-order valence-corrected chi connectivity index (χ1v) is 11.1. The third kappa shape index (κ3) is 6.50. The van der Waals surface area contributed by atoms with Crippen molar-refractivity contribution in [3.8, 4) is 0 Å². The van der Waals surface area contributed by atoms with Gasteiger partial charge in [0.2, 0.25) is 0 Å². The summed E-state index contributed by atoms with van der Waals surface area (Å²) in [5, 5.41) is 0. The number of benzene rings is 1. The summed E-state index contributed by atoms with van der Waals surface area (Å²) >= 11 is 3.65. The molecule has 1 atom stereocenters. The average molecular weight is 351 g/mol. The largest absolute Gasteiger partial charge is 0.364 e. The molecule has 0 heterocycles. The van der Waals surface area contributed by atoms with Gasteiger partial charge in [0, 0.05) is 4.48 Å². The van der Waals surface area contributed by atoms with Crippen molar-refractivity contribution < 1.29 is 4.74 Å². The smallest absolute Gasteiger partial charge is 0.114 e. The van der Waals surface area contributed by atoms with Gasteiger partial charge < -0.3 is 4.74 Å². The van der Waals surface area contributed by atoms with E-state index in [1.807, 2.05) is 18.2 Å². The van der Waals surface area contributed by atoms with Gasteiger partial charge in [0.25, 0.3) is 0 Å². The van der Waals surface area contributed by atoms with Crippen molar-refractivity contribution in [2.45, 2.75) is 25.7 Å². The third-order valence-corrected chi connectivity index (χ3v) is 4.46. The van der Waals surface area contributed by atoms with E-state index >= 15 is 0 Å². The van der Waals surface area contributed by atoms with Gasteiger partial charge in [-0.25, -0.2) is 0 Å². The predicted octanol–water partition coefficient (Wildman–Crippen LogP) is 5.64. The van der Waals surface area contributed by atoms with Crippen LogP contribution >= 0.6 is 15.9 Å². The van der Waals surface area contributed by atoms with Crippen LogP contribution in [0.25, 0.3) is 0 Å². The molecule has 0 aliphatic heterocycles. The lowest BCUT2D eigenvalue weighted by atomic mass is 10.1. The molecule has 1 unspecified atom stereocenters. The van der Waals surface area contributed by atoms with Gasteiger partial charge in [-0.05, 0) is 11.6 Å². The molecule has 108 valence electrons. The Morgan fingerprint density at radius 3 is 2.50 bits per heavy atom. The van der Waals surface area contributed by atoms with E-state index in [1.54, 1.807) is 6.08 Å². The van der Waals surface area contributed by atoms with Crippen LogP contribution in [0.4, 0.5) is 0 Å². The van der Waals surface area contributed by atoms with Crippen LogP contribution in [0.1, 0.15) is 11.7 Å². The molecule has 0 aliphatic carbocycles. The molecule has 0 spiro atoms. The maximum Gasteiger partial charge on any atom is 0.114 e. The van der Waals surface area contributed by atoms with Crippen LogP contribution in [-0.4, -0.2) is 14.7 Å². The first-order chi connectivity index (χ1) is 9.44. The van der Waals surface area contributed by atoms with Gasteiger partial charge in [-0.3, -0.25) is 0 Å². The number of halogens is 1. The van der Waals surface area contributed by atoms with Crippen molar-refractivity contribution in [3.63, 3.8) is 0 Å². The van der Waals surface area contributed by atoms with E-state index in [-0.39, 0.29) is 6.10 Å². The summed E-state index contributed by atoms with van der Waals surface area (Å²) in [7, 11) is -1.17. The van der Waals surface area contributed by atoms with Crippen molar-refractivity contribution in [2.24, 2.45) is 0 Å². The summed E-state index contributed by atoms with van der Waals surface area (Å²) in [5.74, 6) is 0. The maximum absolute atomic E-state index is 5.87. The molecule has 0 aromatic heterocycles. The van der Waals surface area contributed by atoms with Gasteiger partial charge in [-0.1, -0.05) is 83.8 Å². The summed E-state index contributed by atoms with van der Waals surface area (Å²) in [6.45, 7) is 11.2. The summed E-state index contributed by atoms with van der Waals surface area (Å²) < 4.78 is 6.89. The van der Waals surface area contributed by atoms with E-state index in [0.717, 1.165) is 10.0 Å². The van der Waals surface area contributed by atoms with Crippen LogP contribution in [0.2, 0.25) is 19.6 Å². The highest BCUT2D eigenvalue weighted by atomic mass is 79.9. The zero-order valence-corrected chi connectivity index (χ0v) is 15.1. The van der Waals surface area contributed by atoms with E-state index in [9.17, 15) is 0 Å². The molecular formula is C17H23BrOSi. The molecule has 0 bridgehead atoms. The maximum atomic E-state index is 5.87. The fraction of sp³-hybridized carbons (Fsp3) is 0.294. The molecule has 3 heteroatoms. The minimum atomic E-state index is -1.17. The van der Waals surface area contributed by atoms with E-state index in [4.69, 9.17) is 4.74 Å². The normalized spacial score (nSPS) is 14.5. The molecule has 0 saturated carbocycles. The highest BCUT2D eigenvalue weighted by Gasteiger charge is 2.14. The summed E-state index contributed by atoms with van der Waals surface area (Å²) in [6, 6.07) is 10.2. The van der Waals surface area contributed by atoms with Crippen molar-refractivity contribution >= 4 is 24.0 Å². The molecule has 1 nitrogen and oxygen atoms in total. The van der Waals surface area contributed by atoms with Crippen molar-refractivity contribution in [1.29, 1.82) is 0 Å². The summed E-state index contributed by atoms with van der Waals surface area (Å²) in [4.78, 5) is 0. The topological polar surface area (TPSA) is 9.23 Å². The molecule has 1 aromatic rings. The van der Waals surface area contributed by atoms with Crippen molar-refractivity contribution in [1.82, 2.24) is 0 Å². The van der Waals surface area contributed by atoms with Gasteiger partial charge in [0.1, 0.15) is 6.10 Å². The molecule has 0 aliphatic rings. The zero-order valence-electron chi connectivity index (χ0n) is 12.5. The second-order valence-corrected chi connectivity index (χ2v) is 11.7. The van der Waals surface area contributed by atoms with Crippen LogP contribution < -0.4 is 0 Å². The Morgan fingerprint density at radius 2 is 1.95 bits per heavy atom. The fourth-order valence-electron chi connectivity index (χ4n) is 1.64. The summed E-state index contributed by atoms with van der Waals surface area (Å²) in [6.07, 6.45) is 5.90.